The second-order valence-corrected chi connectivity index (χ2v) is 5.53. The smallest absolute Gasteiger partial charge is 0.306 e. The van der Waals surface area contributed by atoms with Crippen LogP contribution in [0.25, 0.3) is 0 Å². The number of ether oxygens (including phenoxy) is 1. The lowest BCUT2D eigenvalue weighted by atomic mass is 10.1. The van der Waals surface area contributed by atoms with Crippen molar-refractivity contribution in [1.82, 2.24) is 0 Å². The van der Waals surface area contributed by atoms with Crippen molar-refractivity contribution < 1.29 is 9.53 Å². The number of esters is 1. The van der Waals surface area contributed by atoms with Crippen molar-refractivity contribution in [2.45, 2.75) is 104 Å². The Kier molecular flexibility index (Phi) is 13.5. The summed E-state index contributed by atoms with van der Waals surface area (Å²) >= 11 is 0. The molecule has 0 amide bonds. The van der Waals surface area contributed by atoms with E-state index in [1.165, 1.54) is 44.9 Å². The Hall–Kier alpha value is -0.530. The second-order valence-electron chi connectivity index (χ2n) is 5.53. The Morgan fingerprint density at radius 2 is 1.42 bits per heavy atom. The van der Waals surface area contributed by atoms with E-state index in [2.05, 4.69) is 20.8 Å². The molecule has 0 aromatic heterocycles. The molecule has 0 saturated heterocycles. The van der Waals surface area contributed by atoms with Gasteiger partial charge in [-0.2, -0.15) is 0 Å². The van der Waals surface area contributed by atoms with E-state index in [9.17, 15) is 4.79 Å². The van der Waals surface area contributed by atoms with Crippen LogP contribution in [0.3, 0.4) is 0 Å². The van der Waals surface area contributed by atoms with Crippen LogP contribution in [0.5, 0.6) is 0 Å². The lowest BCUT2D eigenvalue weighted by Crippen LogP contribution is -2.17. The molecule has 0 aliphatic carbocycles. The van der Waals surface area contributed by atoms with E-state index in [-0.39, 0.29) is 12.1 Å². The monoisotopic (exact) mass is 270 g/mol. The van der Waals surface area contributed by atoms with Crippen molar-refractivity contribution in [3.05, 3.63) is 0 Å². The predicted molar refractivity (Wildman–Crippen MR) is 82.3 cm³/mol. The first-order valence-electron chi connectivity index (χ1n) is 8.44. The van der Waals surface area contributed by atoms with Crippen molar-refractivity contribution in [3.8, 4) is 0 Å². The van der Waals surface area contributed by atoms with Crippen molar-refractivity contribution >= 4 is 5.97 Å². The molecule has 114 valence electrons. The maximum absolute atomic E-state index is 11.7. The Labute approximate surface area is 120 Å². The van der Waals surface area contributed by atoms with Crippen molar-refractivity contribution in [3.63, 3.8) is 0 Å². The second kappa shape index (κ2) is 13.9. The maximum atomic E-state index is 11.7. The van der Waals surface area contributed by atoms with Gasteiger partial charge in [-0.3, -0.25) is 4.79 Å². The van der Waals surface area contributed by atoms with Gasteiger partial charge in [-0.25, -0.2) is 0 Å². The van der Waals surface area contributed by atoms with E-state index < -0.39 is 0 Å². The molecule has 0 aliphatic rings. The molecule has 0 heterocycles. The zero-order valence-corrected chi connectivity index (χ0v) is 13.4. The number of hydrogen-bond donors (Lipinski definition) is 0. The fraction of sp³-hybridized carbons (Fsp3) is 0.941. The van der Waals surface area contributed by atoms with Crippen LogP contribution < -0.4 is 0 Å². The fourth-order valence-corrected chi connectivity index (χ4v) is 2.26. The normalized spacial score (nSPS) is 12.4. The van der Waals surface area contributed by atoms with Crippen LogP contribution >= 0.6 is 0 Å². The van der Waals surface area contributed by atoms with E-state index in [0.717, 1.165) is 25.7 Å². The number of hydrogen-bond acceptors (Lipinski definition) is 2. The van der Waals surface area contributed by atoms with Gasteiger partial charge in [-0.05, 0) is 25.7 Å². The van der Waals surface area contributed by atoms with Crippen LogP contribution in [0.2, 0.25) is 0 Å². The Morgan fingerprint density at radius 3 is 2.00 bits per heavy atom. The summed E-state index contributed by atoms with van der Waals surface area (Å²) in [5, 5.41) is 0. The summed E-state index contributed by atoms with van der Waals surface area (Å²) in [6.45, 7) is 6.54. The molecule has 0 aromatic carbocycles. The van der Waals surface area contributed by atoms with E-state index in [1.54, 1.807) is 0 Å². The minimum absolute atomic E-state index is 0.0128. The topological polar surface area (TPSA) is 26.3 Å². The van der Waals surface area contributed by atoms with Crippen molar-refractivity contribution in [1.29, 1.82) is 0 Å². The minimum Gasteiger partial charge on any atom is -0.462 e. The zero-order valence-electron chi connectivity index (χ0n) is 13.4. The molecule has 0 aliphatic heterocycles. The summed E-state index contributed by atoms with van der Waals surface area (Å²) in [7, 11) is 0. The number of rotatable bonds is 13. The molecule has 2 heteroatoms. The molecule has 0 rings (SSSR count). The van der Waals surface area contributed by atoms with Crippen LogP contribution in [-0.2, 0) is 9.53 Å². The van der Waals surface area contributed by atoms with E-state index in [4.69, 9.17) is 4.74 Å². The standard InChI is InChI=1S/C17H34O2/c1-4-7-9-11-13-15-17(18)19-16(6-3)14-12-10-8-5-2/h16H,4-15H2,1-3H3/t16-/m1/s1. The van der Waals surface area contributed by atoms with Crippen LogP contribution in [0.1, 0.15) is 97.8 Å². The third kappa shape index (κ3) is 12.3. The average molecular weight is 270 g/mol. The van der Waals surface area contributed by atoms with Gasteiger partial charge >= 0.3 is 5.97 Å². The van der Waals surface area contributed by atoms with Crippen LogP contribution in [0.4, 0.5) is 0 Å². The molecule has 0 bridgehead atoms. The summed E-state index contributed by atoms with van der Waals surface area (Å²) in [6.07, 6.45) is 13.7. The van der Waals surface area contributed by atoms with Crippen LogP contribution in [0.15, 0.2) is 0 Å². The zero-order chi connectivity index (χ0) is 14.3. The van der Waals surface area contributed by atoms with Gasteiger partial charge in [0.15, 0.2) is 0 Å². The molecule has 2 nitrogen and oxygen atoms in total. The molecule has 0 unspecified atom stereocenters. The molecule has 0 aromatic rings. The number of carbonyl (C=O) groups is 1. The largest absolute Gasteiger partial charge is 0.462 e. The fourth-order valence-electron chi connectivity index (χ4n) is 2.26. The van der Waals surface area contributed by atoms with Gasteiger partial charge in [0.2, 0.25) is 0 Å². The SMILES string of the molecule is CCCCCCCC(=O)O[C@H](CC)CCCCCC. The third-order valence-corrected chi connectivity index (χ3v) is 3.62. The molecule has 0 radical (unpaired) electrons. The van der Waals surface area contributed by atoms with E-state index >= 15 is 0 Å². The highest BCUT2D eigenvalue weighted by Gasteiger charge is 2.11. The highest BCUT2D eigenvalue weighted by Crippen LogP contribution is 2.13. The summed E-state index contributed by atoms with van der Waals surface area (Å²) in [4.78, 5) is 11.7. The molecular formula is C17H34O2. The number of unbranched alkanes of at least 4 members (excludes halogenated alkanes) is 7. The van der Waals surface area contributed by atoms with Gasteiger partial charge in [-0.15, -0.1) is 0 Å². The average Bonchev–Trinajstić information content (AvgIpc) is 2.42. The highest BCUT2D eigenvalue weighted by molar-refractivity contribution is 5.69. The molecule has 0 spiro atoms. The van der Waals surface area contributed by atoms with E-state index in [0.29, 0.717) is 6.42 Å². The quantitative estimate of drug-likeness (QED) is 0.320. The van der Waals surface area contributed by atoms with E-state index in [1.807, 2.05) is 0 Å². The Morgan fingerprint density at radius 1 is 0.842 bits per heavy atom. The summed E-state index contributed by atoms with van der Waals surface area (Å²) in [5.74, 6) is 0.0128. The van der Waals surface area contributed by atoms with Crippen molar-refractivity contribution in [2.75, 3.05) is 0 Å². The summed E-state index contributed by atoms with van der Waals surface area (Å²) < 4.78 is 5.55. The summed E-state index contributed by atoms with van der Waals surface area (Å²) in [5.41, 5.74) is 0. The predicted octanol–water partition coefficient (Wildman–Crippen LogP) is 5.64. The third-order valence-electron chi connectivity index (χ3n) is 3.62. The lowest BCUT2D eigenvalue weighted by Gasteiger charge is -2.16. The van der Waals surface area contributed by atoms with Gasteiger partial charge < -0.3 is 4.74 Å². The van der Waals surface area contributed by atoms with Gasteiger partial charge in [0.25, 0.3) is 0 Å². The van der Waals surface area contributed by atoms with Gasteiger partial charge in [0, 0.05) is 6.42 Å². The summed E-state index contributed by atoms with van der Waals surface area (Å²) in [6, 6.07) is 0. The minimum atomic E-state index is 0.0128. The Balaban J connectivity index is 3.57. The lowest BCUT2D eigenvalue weighted by molar-refractivity contribution is -0.149. The maximum Gasteiger partial charge on any atom is 0.306 e. The first-order valence-corrected chi connectivity index (χ1v) is 8.44. The van der Waals surface area contributed by atoms with Crippen molar-refractivity contribution in [2.24, 2.45) is 0 Å². The molecule has 0 fully saturated rings. The number of carbonyl (C=O) groups excluding carboxylic acids is 1. The molecule has 0 saturated carbocycles. The Bertz CT molecular complexity index is 201. The molecular weight excluding hydrogens is 236 g/mol. The van der Waals surface area contributed by atoms with Gasteiger partial charge in [0.1, 0.15) is 6.10 Å². The highest BCUT2D eigenvalue weighted by atomic mass is 16.5. The van der Waals surface area contributed by atoms with Crippen LogP contribution in [0, 0.1) is 0 Å². The first-order chi connectivity index (χ1) is 9.24. The van der Waals surface area contributed by atoms with Gasteiger partial charge in [0.05, 0.1) is 0 Å². The molecule has 1 atom stereocenters. The molecule has 0 N–H and O–H groups in total. The van der Waals surface area contributed by atoms with Crippen LogP contribution in [-0.4, -0.2) is 12.1 Å². The van der Waals surface area contributed by atoms with Gasteiger partial charge in [-0.1, -0.05) is 65.7 Å². The first kappa shape index (κ1) is 18.5. The molecule has 19 heavy (non-hydrogen) atoms.